The number of hydrogen-bond acceptors (Lipinski definition) is 5. The zero-order chi connectivity index (χ0) is 11.5. The smallest absolute Gasteiger partial charge is 0.246 e. The van der Waals surface area contributed by atoms with Gasteiger partial charge in [0, 0.05) is 6.54 Å². The van der Waals surface area contributed by atoms with E-state index in [1.54, 1.807) is 4.90 Å². The number of hydroxylamine groups is 1. The van der Waals surface area contributed by atoms with Crippen LogP contribution in [-0.2, 0) is 9.63 Å². The molecule has 90 valence electrons. The van der Waals surface area contributed by atoms with Gasteiger partial charge >= 0.3 is 0 Å². The first-order valence-electron chi connectivity index (χ1n) is 5.70. The summed E-state index contributed by atoms with van der Waals surface area (Å²) in [6.45, 7) is 2.54. The molecule has 2 heterocycles. The number of nitrogens with zero attached hydrogens (tertiary/aromatic N) is 2. The average molecular weight is 226 g/mol. The van der Waals surface area contributed by atoms with Crippen LogP contribution in [-0.4, -0.2) is 42.6 Å². The van der Waals surface area contributed by atoms with Crippen molar-refractivity contribution in [2.45, 2.75) is 38.5 Å². The number of rotatable bonds is 1. The normalized spacial score (nSPS) is 31.0. The molecule has 2 unspecified atom stereocenters. The van der Waals surface area contributed by atoms with Crippen LogP contribution in [0.1, 0.15) is 26.2 Å². The van der Waals surface area contributed by atoms with E-state index in [-0.39, 0.29) is 18.2 Å². The van der Waals surface area contributed by atoms with Crippen molar-refractivity contribution >= 4 is 11.9 Å². The molecule has 1 fully saturated rings. The zero-order valence-corrected chi connectivity index (χ0v) is 9.69. The van der Waals surface area contributed by atoms with Crippen molar-refractivity contribution in [1.29, 1.82) is 0 Å². The first-order valence-corrected chi connectivity index (χ1v) is 5.70. The van der Waals surface area contributed by atoms with Gasteiger partial charge in [-0.05, 0) is 33.2 Å². The van der Waals surface area contributed by atoms with Gasteiger partial charge in [-0.25, -0.2) is 15.3 Å². The summed E-state index contributed by atoms with van der Waals surface area (Å²) >= 11 is 0. The SMILES string of the molecule is CNC1CCCCN(C2=NC(C)ON2)C1=O. The van der Waals surface area contributed by atoms with Crippen LogP contribution < -0.4 is 10.8 Å². The topological polar surface area (TPSA) is 66.0 Å². The van der Waals surface area contributed by atoms with Gasteiger partial charge in [0.05, 0.1) is 6.04 Å². The first kappa shape index (κ1) is 11.3. The Morgan fingerprint density at radius 1 is 1.56 bits per heavy atom. The number of nitrogens with one attached hydrogen (secondary N) is 2. The van der Waals surface area contributed by atoms with E-state index >= 15 is 0 Å². The molecule has 0 aliphatic carbocycles. The summed E-state index contributed by atoms with van der Waals surface area (Å²) in [5.41, 5.74) is 2.71. The number of carbonyl (C=O) groups is 1. The van der Waals surface area contributed by atoms with Crippen LogP contribution >= 0.6 is 0 Å². The highest BCUT2D eigenvalue weighted by Crippen LogP contribution is 2.14. The standard InChI is InChI=1S/C10H18N4O2/c1-7-12-10(13-16-7)14-6-4-3-5-8(11-2)9(14)15/h7-8,11H,3-6H2,1-2H3,(H,12,13). The van der Waals surface area contributed by atoms with Gasteiger partial charge in [0.1, 0.15) is 0 Å². The van der Waals surface area contributed by atoms with Crippen LogP contribution in [0.2, 0.25) is 0 Å². The van der Waals surface area contributed by atoms with Crippen molar-refractivity contribution in [3.05, 3.63) is 0 Å². The third kappa shape index (κ3) is 2.17. The highest BCUT2D eigenvalue weighted by molar-refractivity contribution is 5.99. The van der Waals surface area contributed by atoms with Gasteiger partial charge in [0.2, 0.25) is 11.9 Å². The Labute approximate surface area is 95.0 Å². The van der Waals surface area contributed by atoms with Crippen LogP contribution in [0, 0.1) is 0 Å². The van der Waals surface area contributed by atoms with Gasteiger partial charge in [-0.3, -0.25) is 9.69 Å². The number of amides is 1. The second-order valence-electron chi connectivity index (χ2n) is 4.10. The number of aliphatic imine (C=N–C) groups is 1. The van der Waals surface area contributed by atoms with E-state index in [0.717, 1.165) is 19.3 Å². The van der Waals surface area contributed by atoms with Crippen molar-refractivity contribution in [2.24, 2.45) is 4.99 Å². The highest BCUT2D eigenvalue weighted by atomic mass is 16.7. The molecule has 0 aromatic carbocycles. The summed E-state index contributed by atoms with van der Waals surface area (Å²) in [7, 11) is 1.81. The molecule has 0 spiro atoms. The summed E-state index contributed by atoms with van der Waals surface area (Å²) in [5, 5.41) is 3.04. The number of guanidine groups is 1. The second-order valence-corrected chi connectivity index (χ2v) is 4.10. The third-order valence-corrected chi connectivity index (χ3v) is 2.92. The maximum atomic E-state index is 12.2. The molecule has 1 saturated heterocycles. The molecule has 2 atom stereocenters. The lowest BCUT2D eigenvalue weighted by atomic mass is 10.1. The summed E-state index contributed by atoms with van der Waals surface area (Å²) in [5.74, 6) is 0.614. The average Bonchev–Trinajstić information content (AvgIpc) is 2.60. The molecule has 2 N–H and O–H groups in total. The molecule has 2 aliphatic rings. The van der Waals surface area contributed by atoms with Crippen molar-refractivity contribution in [1.82, 2.24) is 15.7 Å². The van der Waals surface area contributed by atoms with Crippen LogP contribution in [0.3, 0.4) is 0 Å². The molecule has 6 heteroatoms. The van der Waals surface area contributed by atoms with Crippen molar-refractivity contribution in [3.63, 3.8) is 0 Å². The molecular weight excluding hydrogens is 208 g/mol. The quantitative estimate of drug-likeness (QED) is 0.651. The van der Waals surface area contributed by atoms with Crippen LogP contribution in [0.25, 0.3) is 0 Å². The van der Waals surface area contributed by atoms with E-state index in [0.29, 0.717) is 12.5 Å². The van der Waals surface area contributed by atoms with E-state index in [2.05, 4.69) is 15.8 Å². The van der Waals surface area contributed by atoms with Gasteiger partial charge in [-0.1, -0.05) is 0 Å². The minimum absolute atomic E-state index is 0.0731. The second kappa shape index (κ2) is 4.80. The monoisotopic (exact) mass is 226 g/mol. The third-order valence-electron chi connectivity index (χ3n) is 2.92. The highest BCUT2D eigenvalue weighted by Gasteiger charge is 2.31. The Morgan fingerprint density at radius 2 is 2.38 bits per heavy atom. The number of likely N-dealkylation sites (tertiary alicyclic amines) is 1. The summed E-state index contributed by atoms with van der Waals surface area (Å²) in [4.78, 5) is 23.2. The molecule has 2 rings (SSSR count). The molecule has 0 aromatic rings. The number of hydrogen-bond donors (Lipinski definition) is 2. The Morgan fingerprint density at radius 3 is 3.00 bits per heavy atom. The van der Waals surface area contributed by atoms with E-state index in [4.69, 9.17) is 4.84 Å². The molecule has 16 heavy (non-hydrogen) atoms. The Kier molecular flexibility index (Phi) is 3.40. The Balaban J connectivity index is 2.12. The molecule has 0 radical (unpaired) electrons. The predicted octanol–water partition coefficient (Wildman–Crippen LogP) is -0.176. The van der Waals surface area contributed by atoms with Crippen LogP contribution in [0.5, 0.6) is 0 Å². The van der Waals surface area contributed by atoms with E-state index in [9.17, 15) is 4.79 Å². The van der Waals surface area contributed by atoms with Crippen LogP contribution in [0.15, 0.2) is 4.99 Å². The van der Waals surface area contributed by atoms with E-state index < -0.39 is 0 Å². The fourth-order valence-corrected chi connectivity index (χ4v) is 2.01. The Bertz CT molecular complexity index is 305. The number of likely N-dealkylation sites (N-methyl/N-ethyl adjacent to an activating group) is 1. The lowest BCUT2D eigenvalue weighted by Gasteiger charge is -2.22. The lowest BCUT2D eigenvalue weighted by molar-refractivity contribution is -0.129. The molecule has 0 saturated carbocycles. The van der Waals surface area contributed by atoms with Gasteiger partial charge in [0.15, 0.2) is 6.23 Å². The van der Waals surface area contributed by atoms with Crippen molar-refractivity contribution in [2.75, 3.05) is 13.6 Å². The maximum Gasteiger partial charge on any atom is 0.246 e. The molecular formula is C10H18N4O2. The molecule has 1 amide bonds. The van der Waals surface area contributed by atoms with Gasteiger partial charge in [-0.15, -0.1) is 0 Å². The predicted molar refractivity (Wildman–Crippen MR) is 59.5 cm³/mol. The van der Waals surface area contributed by atoms with Gasteiger partial charge in [0.25, 0.3) is 0 Å². The summed E-state index contributed by atoms with van der Waals surface area (Å²) in [6, 6.07) is -0.108. The van der Waals surface area contributed by atoms with E-state index in [1.807, 2.05) is 14.0 Å². The molecule has 2 aliphatic heterocycles. The van der Waals surface area contributed by atoms with Gasteiger partial charge in [-0.2, -0.15) is 0 Å². The Hall–Kier alpha value is -1.14. The van der Waals surface area contributed by atoms with Crippen LogP contribution in [0.4, 0.5) is 0 Å². The van der Waals surface area contributed by atoms with E-state index in [1.165, 1.54) is 0 Å². The number of carbonyl (C=O) groups excluding carboxylic acids is 1. The fraction of sp³-hybridized carbons (Fsp3) is 0.800. The minimum Gasteiger partial charge on any atom is -0.309 e. The zero-order valence-electron chi connectivity index (χ0n) is 9.69. The fourth-order valence-electron chi connectivity index (χ4n) is 2.01. The first-order chi connectivity index (χ1) is 7.72. The minimum atomic E-state index is -0.223. The lowest BCUT2D eigenvalue weighted by Crippen LogP contribution is -2.49. The van der Waals surface area contributed by atoms with Crippen molar-refractivity contribution < 1.29 is 9.63 Å². The van der Waals surface area contributed by atoms with Gasteiger partial charge < -0.3 is 5.32 Å². The summed E-state index contributed by atoms with van der Waals surface area (Å²) < 4.78 is 0. The molecule has 0 aromatic heterocycles. The largest absolute Gasteiger partial charge is 0.309 e. The molecule has 0 bridgehead atoms. The van der Waals surface area contributed by atoms with Crippen molar-refractivity contribution in [3.8, 4) is 0 Å². The maximum absolute atomic E-state index is 12.2. The molecule has 6 nitrogen and oxygen atoms in total. The summed E-state index contributed by atoms with van der Waals surface area (Å²) in [6.07, 6.45) is 2.71.